The first-order valence-electron chi connectivity index (χ1n) is 5.90. The van der Waals surface area contributed by atoms with Gasteiger partial charge in [-0.3, -0.25) is 0 Å². The van der Waals surface area contributed by atoms with Crippen molar-refractivity contribution in [1.29, 1.82) is 0 Å². The minimum absolute atomic E-state index is 0.0415. The van der Waals surface area contributed by atoms with Gasteiger partial charge in [-0.2, -0.15) is 13.2 Å². The second kappa shape index (κ2) is 6.56. The molecule has 0 aromatic heterocycles. The van der Waals surface area contributed by atoms with Crippen molar-refractivity contribution < 1.29 is 22.6 Å². The van der Waals surface area contributed by atoms with Crippen LogP contribution < -0.4 is 5.73 Å². The molecule has 102 valence electrons. The van der Waals surface area contributed by atoms with E-state index in [9.17, 15) is 13.2 Å². The van der Waals surface area contributed by atoms with E-state index in [0.29, 0.717) is 26.2 Å². The van der Waals surface area contributed by atoms with Crippen LogP contribution in [0.1, 0.15) is 25.7 Å². The zero-order valence-corrected chi connectivity index (χ0v) is 9.89. The fraction of sp³-hybridized carbons (Fsp3) is 1.00. The van der Waals surface area contributed by atoms with Crippen LogP contribution in [0.5, 0.6) is 0 Å². The number of alkyl halides is 3. The third-order valence-electron chi connectivity index (χ3n) is 3.25. The lowest BCUT2D eigenvalue weighted by Gasteiger charge is -2.36. The molecule has 0 radical (unpaired) electrons. The third kappa shape index (κ3) is 5.70. The van der Waals surface area contributed by atoms with E-state index in [1.165, 1.54) is 0 Å². The van der Waals surface area contributed by atoms with Crippen molar-refractivity contribution in [2.45, 2.75) is 31.9 Å². The van der Waals surface area contributed by atoms with Crippen molar-refractivity contribution in [3.63, 3.8) is 0 Å². The molecule has 2 N–H and O–H groups in total. The molecule has 1 aliphatic heterocycles. The van der Waals surface area contributed by atoms with E-state index in [4.69, 9.17) is 10.5 Å². The van der Waals surface area contributed by atoms with Crippen molar-refractivity contribution in [3.05, 3.63) is 0 Å². The molecule has 1 rings (SSSR count). The largest absolute Gasteiger partial charge is 0.411 e. The van der Waals surface area contributed by atoms with Gasteiger partial charge in [0.1, 0.15) is 6.61 Å². The Balaban J connectivity index is 2.15. The average Bonchev–Trinajstić information content (AvgIpc) is 2.28. The molecule has 0 aromatic rings. The quantitative estimate of drug-likeness (QED) is 0.739. The number of ether oxygens (including phenoxy) is 2. The van der Waals surface area contributed by atoms with Crippen LogP contribution in [0.2, 0.25) is 0 Å². The Morgan fingerprint density at radius 2 is 1.88 bits per heavy atom. The number of rotatable bonds is 6. The minimum atomic E-state index is -4.23. The molecule has 0 atom stereocenters. The number of nitrogens with two attached hydrogens (primary N) is 1. The first-order chi connectivity index (χ1) is 7.97. The fourth-order valence-electron chi connectivity index (χ4n) is 2.10. The highest BCUT2D eigenvalue weighted by atomic mass is 19.4. The fourth-order valence-corrected chi connectivity index (χ4v) is 2.10. The molecule has 0 saturated carbocycles. The summed E-state index contributed by atoms with van der Waals surface area (Å²) in [7, 11) is 0. The van der Waals surface area contributed by atoms with Gasteiger partial charge in [-0.05, 0) is 37.6 Å². The molecule has 3 nitrogen and oxygen atoms in total. The predicted octanol–water partition coefficient (Wildman–Crippen LogP) is 2.10. The van der Waals surface area contributed by atoms with Crippen LogP contribution in [0, 0.1) is 5.41 Å². The van der Waals surface area contributed by atoms with Gasteiger partial charge in [-0.15, -0.1) is 0 Å². The van der Waals surface area contributed by atoms with Crippen LogP contribution in [0.3, 0.4) is 0 Å². The summed E-state index contributed by atoms with van der Waals surface area (Å²) in [6, 6.07) is 0. The van der Waals surface area contributed by atoms with Gasteiger partial charge in [0, 0.05) is 19.8 Å². The Kier molecular flexibility index (Phi) is 5.69. The summed E-state index contributed by atoms with van der Waals surface area (Å²) in [5.74, 6) is 0. The molecule has 0 aromatic carbocycles. The van der Waals surface area contributed by atoms with Crippen molar-refractivity contribution in [3.8, 4) is 0 Å². The van der Waals surface area contributed by atoms with Crippen molar-refractivity contribution in [1.82, 2.24) is 0 Å². The molecular formula is C11H20F3NO2. The molecule has 1 fully saturated rings. The second-order valence-electron chi connectivity index (χ2n) is 4.59. The highest BCUT2D eigenvalue weighted by Gasteiger charge is 2.31. The van der Waals surface area contributed by atoms with E-state index in [1.807, 2.05) is 0 Å². The van der Waals surface area contributed by atoms with E-state index in [-0.39, 0.29) is 12.0 Å². The van der Waals surface area contributed by atoms with Crippen molar-refractivity contribution in [2.24, 2.45) is 11.1 Å². The molecule has 1 saturated heterocycles. The molecule has 0 bridgehead atoms. The van der Waals surface area contributed by atoms with Gasteiger partial charge >= 0.3 is 6.18 Å². The number of hydrogen-bond acceptors (Lipinski definition) is 3. The molecular weight excluding hydrogens is 235 g/mol. The van der Waals surface area contributed by atoms with Crippen molar-refractivity contribution >= 4 is 0 Å². The van der Waals surface area contributed by atoms with Gasteiger partial charge < -0.3 is 15.2 Å². The van der Waals surface area contributed by atoms with Crippen LogP contribution >= 0.6 is 0 Å². The molecule has 17 heavy (non-hydrogen) atoms. The molecule has 0 unspecified atom stereocenters. The summed E-state index contributed by atoms with van der Waals surface area (Å²) < 4.78 is 45.3. The Morgan fingerprint density at radius 3 is 2.41 bits per heavy atom. The average molecular weight is 255 g/mol. The molecule has 0 spiro atoms. The zero-order chi connectivity index (χ0) is 12.8. The topological polar surface area (TPSA) is 44.5 Å². The SMILES string of the molecule is NCC1(CCCOCC(F)(F)F)CCOCC1. The molecule has 0 amide bonds. The van der Waals surface area contributed by atoms with Gasteiger partial charge in [0.15, 0.2) is 0 Å². The maximum absolute atomic E-state index is 11.8. The van der Waals surface area contributed by atoms with E-state index in [1.54, 1.807) is 0 Å². The van der Waals surface area contributed by atoms with E-state index in [0.717, 1.165) is 19.3 Å². The normalized spacial score (nSPS) is 20.5. The molecule has 1 heterocycles. The summed E-state index contributed by atoms with van der Waals surface area (Å²) in [5, 5.41) is 0. The maximum atomic E-state index is 11.8. The summed E-state index contributed by atoms with van der Waals surface area (Å²) in [6.07, 6.45) is -1.02. The second-order valence-corrected chi connectivity index (χ2v) is 4.59. The van der Waals surface area contributed by atoms with Gasteiger partial charge in [0.05, 0.1) is 0 Å². The van der Waals surface area contributed by atoms with Crippen LogP contribution in [0.4, 0.5) is 13.2 Å². The maximum Gasteiger partial charge on any atom is 0.411 e. The van der Waals surface area contributed by atoms with E-state index < -0.39 is 12.8 Å². The smallest absolute Gasteiger partial charge is 0.381 e. The monoisotopic (exact) mass is 255 g/mol. The lowest BCUT2D eigenvalue weighted by molar-refractivity contribution is -0.174. The number of hydrogen-bond donors (Lipinski definition) is 1. The van der Waals surface area contributed by atoms with Gasteiger partial charge in [-0.25, -0.2) is 0 Å². The van der Waals surface area contributed by atoms with Gasteiger partial charge in [0.25, 0.3) is 0 Å². The molecule has 1 aliphatic rings. The van der Waals surface area contributed by atoms with Crippen molar-refractivity contribution in [2.75, 3.05) is 33.0 Å². The Bertz CT molecular complexity index is 215. The van der Waals surface area contributed by atoms with E-state index in [2.05, 4.69) is 4.74 Å². The zero-order valence-electron chi connectivity index (χ0n) is 9.89. The lowest BCUT2D eigenvalue weighted by Crippen LogP contribution is -2.36. The summed E-state index contributed by atoms with van der Waals surface area (Å²) in [4.78, 5) is 0. The summed E-state index contributed by atoms with van der Waals surface area (Å²) in [6.45, 7) is 0.935. The minimum Gasteiger partial charge on any atom is -0.381 e. The summed E-state index contributed by atoms with van der Waals surface area (Å²) in [5.41, 5.74) is 5.79. The predicted molar refractivity (Wildman–Crippen MR) is 57.6 cm³/mol. The molecule has 0 aliphatic carbocycles. The standard InChI is InChI=1S/C11H20F3NO2/c12-11(13,14)9-17-5-1-2-10(8-15)3-6-16-7-4-10/h1-9,15H2. The lowest BCUT2D eigenvalue weighted by atomic mass is 9.76. The van der Waals surface area contributed by atoms with Crippen LogP contribution in [0.25, 0.3) is 0 Å². The van der Waals surface area contributed by atoms with Crippen LogP contribution in [0.15, 0.2) is 0 Å². The highest BCUT2D eigenvalue weighted by molar-refractivity contribution is 4.82. The Labute approximate surface area is 99.4 Å². The first kappa shape index (κ1) is 14.7. The van der Waals surface area contributed by atoms with Gasteiger partial charge in [-0.1, -0.05) is 0 Å². The Hall–Kier alpha value is -0.330. The molecule has 6 heteroatoms. The Morgan fingerprint density at radius 1 is 1.24 bits per heavy atom. The van der Waals surface area contributed by atoms with Crippen LogP contribution in [-0.2, 0) is 9.47 Å². The van der Waals surface area contributed by atoms with Crippen LogP contribution in [-0.4, -0.2) is 39.1 Å². The van der Waals surface area contributed by atoms with Gasteiger partial charge in [0.2, 0.25) is 0 Å². The first-order valence-corrected chi connectivity index (χ1v) is 5.90. The third-order valence-corrected chi connectivity index (χ3v) is 3.25. The number of halogens is 3. The summed E-state index contributed by atoms with van der Waals surface area (Å²) >= 11 is 0. The van der Waals surface area contributed by atoms with E-state index >= 15 is 0 Å². The highest BCUT2D eigenvalue weighted by Crippen LogP contribution is 2.34.